The molecule has 0 aliphatic carbocycles. The smallest absolute Gasteiger partial charge is 0.0332 e. The van der Waals surface area contributed by atoms with Crippen LogP contribution in [0.3, 0.4) is 0 Å². The lowest BCUT2D eigenvalue weighted by atomic mass is 10.0. The van der Waals surface area contributed by atoms with Gasteiger partial charge in [0.2, 0.25) is 0 Å². The zero-order valence-corrected chi connectivity index (χ0v) is 11.1. The number of rotatable bonds is 3. The molecule has 0 aliphatic rings. The summed E-state index contributed by atoms with van der Waals surface area (Å²) in [4.78, 5) is 0. The van der Waals surface area contributed by atoms with Crippen molar-refractivity contribution in [2.75, 3.05) is 0 Å². The Morgan fingerprint density at radius 1 is 1.57 bits per heavy atom. The average molecular weight is 324 g/mol. The van der Waals surface area contributed by atoms with Crippen molar-refractivity contribution in [3.8, 4) is 0 Å². The Bertz CT molecular complexity index is 312. The largest absolute Gasteiger partial charge is 0.324 e. The van der Waals surface area contributed by atoms with Crippen LogP contribution >= 0.6 is 35.0 Å². The third-order valence-corrected chi connectivity index (χ3v) is 2.52. The molecule has 0 heterocycles. The number of halogens is 2. The molecule has 0 spiro atoms. The van der Waals surface area contributed by atoms with E-state index >= 15 is 0 Å². The molecule has 2 N–H and O–H groups in total. The maximum Gasteiger partial charge on any atom is 0.0332 e. The van der Waals surface area contributed by atoms with Gasteiger partial charge in [0.15, 0.2) is 0 Å². The van der Waals surface area contributed by atoms with Crippen LogP contribution in [-0.2, 0) is 0 Å². The van der Waals surface area contributed by atoms with E-state index in [1.54, 1.807) is 0 Å². The van der Waals surface area contributed by atoms with Crippen molar-refractivity contribution >= 4 is 35.0 Å². The summed E-state index contributed by atoms with van der Waals surface area (Å²) in [5.74, 6) is 0. The van der Waals surface area contributed by atoms with E-state index in [0.29, 0.717) is 0 Å². The molecular weight excluding hydrogens is 308 g/mol. The Labute approximate surface area is 105 Å². The Hall–Kier alpha value is -0.0600. The molecule has 1 atom stereocenters. The number of nitrogens with two attached hydrogens (primary N) is 1. The maximum absolute atomic E-state index is 6.00. The second-order valence-electron chi connectivity index (χ2n) is 3.32. The summed E-state index contributed by atoms with van der Waals surface area (Å²) >= 11 is 2.29. The van der Waals surface area contributed by atoms with Crippen LogP contribution in [0.4, 0.5) is 0 Å². The molecule has 0 saturated carbocycles. The predicted molar refractivity (Wildman–Crippen MR) is 72.8 cm³/mol. The molecule has 14 heavy (non-hydrogen) atoms. The molecule has 0 saturated heterocycles. The van der Waals surface area contributed by atoms with Gasteiger partial charge in [-0.1, -0.05) is 17.7 Å². The van der Waals surface area contributed by atoms with Gasteiger partial charge >= 0.3 is 0 Å². The molecule has 1 rings (SSSR count). The van der Waals surface area contributed by atoms with Crippen molar-refractivity contribution in [1.29, 1.82) is 0 Å². The Morgan fingerprint density at radius 3 is 2.71 bits per heavy atom. The van der Waals surface area contributed by atoms with Gasteiger partial charge in [-0.2, -0.15) is 0 Å². The first-order valence-electron chi connectivity index (χ1n) is 4.25. The van der Waals surface area contributed by atoms with E-state index in [-0.39, 0.29) is 18.4 Å². The summed E-state index contributed by atoms with van der Waals surface area (Å²) in [6.07, 6.45) is 0.861. The highest BCUT2D eigenvalue weighted by Crippen LogP contribution is 2.19. The second kappa shape index (κ2) is 6.43. The van der Waals surface area contributed by atoms with Crippen LogP contribution in [0.1, 0.15) is 24.9 Å². The lowest BCUT2D eigenvalue weighted by Crippen LogP contribution is -2.10. The van der Waals surface area contributed by atoms with E-state index in [4.69, 9.17) is 5.73 Å². The first-order chi connectivity index (χ1) is 6.09. The highest BCUT2D eigenvalue weighted by atomic mass is 127. The lowest BCUT2D eigenvalue weighted by molar-refractivity contribution is 0.716. The van der Waals surface area contributed by atoms with Gasteiger partial charge in [0.25, 0.3) is 0 Å². The molecular formula is C11H15ClIN. The first kappa shape index (κ1) is 13.9. The molecule has 0 aliphatic heterocycles. The first-order valence-corrected chi connectivity index (χ1v) is 5.33. The minimum absolute atomic E-state index is 0. The SMILES string of the molecule is C=C(C)C[C@@H](N)c1cccc(I)c1.Cl. The molecule has 3 heteroatoms. The monoisotopic (exact) mass is 323 g/mol. The van der Waals surface area contributed by atoms with Gasteiger partial charge in [0, 0.05) is 9.61 Å². The molecule has 0 aromatic heterocycles. The van der Waals surface area contributed by atoms with Crippen molar-refractivity contribution in [2.24, 2.45) is 5.73 Å². The van der Waals surface area contributed by atoms with Crippen LogP contribution in [0.2, 0.25) is 0 Å². The lowest BCUT2D eigenvalue weighted by Gasteiger charge is -2.11. The van der Waals surface area contributed by atoms with Crippen LogP contribution in [-0.4, -0.2) is 0 Å². The zero-order chi connectivity index (χ0) is 9.84. The number of hydrogen-bond donors (Lipinski definition) is 1. The van der Waals surface area contributed by atoms with Crippen LogP contribution in [0.15, 0.2) is 36.4 Å². The Morgan fingerprint density at radius 2 is 2.21 bits per heavy atom. The van der Waals surface area contributed by atoms with Crippen molar-refractivity contribution < 1.29 is 0 Å². The van der Waals surface area contributed by atoms with Crippen molar-refractivity contribution in [2.45, 2.75) is 19.4 Å². The standard InChI is InChI=1S/C11H14IN.ClH/c1-8(2)6-11(13)9-4-3-5-10(12)7-9;/h3-5,7,11H,1,6,13H2,2H3;1H/t11-;/m1./s1. The van der Waals surface area contributed by atoms with Crippen molar-refractivity contribution in [3.05, 3.63) is 45.6 Å². The summed E-state index contributed by atoms with van der Waals surface area (Å²) in [7, 11) is 0. The van der Waals surface area contributed by atoms with Crippen LogP contribution in [0, 0.1) is 3.57 Å². The number of hydrogen-bond acceptors (Lipinski definition) is 1. The highest BCUT2D eigenvalue weighted by Gasteiger charge is 2.05. The zero-order valence-electron chi connectivity index (χ0n) is 8.16. The third kappa shape index (κ3) is 4.44. The van der Waals surface area contributed by atoms with Gasteiger partial charge in [-0.3, -0.25) is 0 Å². The minimum Gasteiger partial charge on any atom is -0.324 e. The van der Waals surface area contributed by atoms with E-state index in [1.807, 2.05) is 13.0 Å². The van der Waals surface area contributed by atoms with Gasteiger partial charge in [-0.15, -0.1) is 19.0 Å². The van der Waals surface area contributed by atoms with Gasteiger partial charge in [-0.05, 0) is 53.6 Å². The fourth-order valence-corrected chi connectivity index (χ4v) is 1.80. The van der Waals surface area contributed by atoms with E-state index < -0.39 is 0 Å². The Kier molecular flexibility index (Phi) is 6.40. The maximum atomic E-state index is 6.00. The molecule has 0 bridgehead atoms. The summed E-state index contributed by atoms with van der Waals surface area (Å²) < 4.78 is 1.23. The minimum atomic E-state index is 0. The van der Waals surface area contributed by atoms with Crippen LogP contribution in [0.25, 0.3) is 0 Å². The molecule has 1 aromatic rings. The summed E-state index contributed by atoms with van der Waals surface area (Å²) in [5, 5.41) is 0. The van der Waals surface area contributed by atoms with E-state index in [2.05, 4.69) is 47.4 Å². The molecule has 0 radical (unpaired) electrons. The van der Waals surface area contributed by atoms with E-state index in [9.17, 15) is 0 Å². The quantitative estimate of drug-likeness (QED) is 0.666. The normalized spacial score (nSPS) is 11.6. The second-order valence-corrected chi connectivity index (χ2v) is 4.57. The topological polar surface area (TPSA) is 26.0 Å². The van der Waals surface area contributed by atoms with Gasteiger partial charge in [0.05, 0.1) is 0 Å². The average Bonchev–Trinajstić information content (AvgIpc) is 2.03. The van der Waals surface area contributed by atoms with Crippen LogP contribution in [0.5, 0.6) is 0 Å². The van der Waals surface area contributed by atoms with E-state index in [0.717, 1.165) is 12.0 Å². The fourth-order valence-electron chi connectivity index (χ4n) is 1.23. The molecule has 0 amide bonds. The molecule has 0 fully saturated rings. The molecule has 78 valence electrons. The fraction of sp³-hybridized carbons (Fsp3) is 0.273. The highest BCUT2D eigenvalue weighted by molar-refractivity contribution is 14.1. The summed E-state index contributed by atoms with van der Waals surface area (Å²) in [6.45, 7) is 5.87. The Balaban J connectivity index is 0.00000169. The summed E-state index contributed by atoms with van der Waals surface area (Å²) in [5.41, 5.74) is 8.32. The van der Waals surface area contributed by atoms with Gasteiger partial charge < -0.3 is 5.73 Å². The molecule has 0 unspecified atom stereocenters. The van der Waals surface area contributed by atoms with Crippen LogP contribution < -0.4 is 5.73 Å². The molecule has 1 aromatic carbocycles. The number of benzene rings is 1. The third-order valence-electron chi connectivity index (χ3n) is 1.85. The van der Waals surface area contributed by atoms with Crippen molar-refractivity contribution in [3.63, 3.8) is 0 Å². The molecule has 1 nitrogen and oxygen atoms in total. The van der Waals surface area contributed by atoms with Gasteiger partial charge in [0.1, 0.15) is 0 Å². The summed E-state index contributed by atoms with van der Waals surface area (Å²) in [6, 6.07) is 8.38. The van der Waals surface area contributed by atoms with Crippen molar-refractivity contribution in [1.82, 2.24) is 0 Å². The predicted octanol–water partition coefficient (Wildman–Crippen LogP) is 3.68. The van der Waals surface area contributed by atoms with E-state index in [1.165, 1.54) is 9.13 Å². The van der Waals surface area contributed by atoms with Gasteiger partial charge in [-0.25, -0.2) is 0 Å².